The monoisotopic (exact) mass is 378 g/mol. The molecule has 0 spiro atoms. The van der Waals surface area contributed by atoms with E-state index in [0.29, 0.717) is 43.0 Å². The third-order valence-electron chi connectivity index (χ3n) is 4.36. The molecule has 1 aliphatic rings. The van der Waals surface area contributed by atoms with Gasteiger partial charge >= 0.3 is 0 Å². The second kappa shape index (κ2) is 9.73. The summed E-state index contributed by atoms with van der Waals surface area (Å²) in [7, 11) is -3.40. The van der Waals surface area contributed by atoms with Gasteiger partial charge < -0.3 is 10.6 Å². The standard InChI is InChI=1S/C19H30N4O2S/c1-4-12-21-19(20-5-2)22-14-17-8-10-18(11-9-17)26(24,25)23-13-6-7-16(3)15-23/h4,8-11,16H,1,5-7,12-15H2,2-3H3,(H2,20,21,22). The Balaban J connectivity index is 2.06. The number of benzene rings is 1. The van der Waals surface area contributed by atoms with Gasteiger partial charge in [0.1, 0.15) is 0 Å². The average molecular weight is 379 g/mol. The van der Waals surface area contributed by atoms with Crippen LogP contribution >= 0.6 is 0 Å². The number of sulfonamides is 1. The molecule has 144 valence electrons. The molecule has 1 aliphatic heterocycles. The van der Waals surface area contributed by atoms with Crippen molar-refractivity contribution in [2.75, 3.05) is 26.2 Å². The predicted octanol–water partition coefficient (Wildman–Crippen LogP) is 2.35. The molecule has 0 aliphatic carbocycles. The largest absolute Gasteiger partial charge is 0.357 e. The number of nitrogens with zero attached hydrogens (tertiary/aromatic N) is 2. The minimum absolute atomic E-state index is 0.357. The Morgan fingerprint density at radius 3 is 2.69 bits per heavy atom. The van der Waals surface area contributed by atoms with Gasteiger partial charge in [0.05, 0.1) is 11.4 Å². The Kier molecular flexibility index (Phi) is 7.66. The van der Waals surface area contributed by atoms with Crippen molar-refractivity contribution in [3.8, 4) is 0 Å². The Morgan fingerprint density at radius 1 is 1.35 bits per heavy atom. The van der Waals surface area contributed by atoms with Crippen molar-refractivity contribution in [3.63, 3.8) is 0 Å². The molecular weight excluding hydrogens is 348 g/mol. The summed E-state index contributed by atoms with van der Waals surface area (Å²) in [6.07, 6.45) is 3.79. The SMILES string of the molecule is C=CCNC(=NCc1ccc(S(=O)(=O)N2CCCC(C)C2)cc1)NCC. The third kappa shape index (κ3) is 5.57. The minimum Gasteiger partial charge on any atom is -0.357 e. The fourth-order valence-electron chi connectivity index (χ4n) is 2.96. The molecule has 2 rings (SSSR count). The van der Waals surface area contributed by atoms with Crippen molar-refractivity contribution < 1.29 is 8.42 Å². The Labute approximate surface area is 157 Å². The van der Waals surface area contributed by atoms with E-state index in [0.717, 1.165) is 24.9 Å². The van der Waals surface area contributed by atoms with Gasteiger partial charge in [-0.25, -0.2) is 13.4 Å². The summed E-state index contributed by atoms with van der Waals surface area (Å²) in [5.41, 5.74) is 0.965. The highest BCUT2D eigenvalue weighted by molar-refractivity contribution is 7.89. The second-order valence-corrected chi connectivity index (χ2v) is 8.56. The van der Waals surface area contributed by atoms with Crippen LogP contribution in [0.3, 0.4) is 0 Å². The first-order valence-electron chi connectivity index (χ1n) is 9.19. The number of hydrogen-bond acceptors (Lipinski definition) is 3. The molecular formula is C19H30N4O2S. The van der Waals surface area contributed by atoms with E-state index in [1.54, 1.807) is 22.5 Å². The minimum atomic E-state index is -3.40. The maximum Gasteiger partial charge on any atom is 0.243 e. The van der Waals surface area contributed by atoms with Crippen LogP contribution in [0.5, 0.6) is 0 Å². The lowest BCUT2D eigenvalue weighted by Gasteiger charge is -2.30. The molecule has 0 aromatic heterocycles. The highest BCUT2D eigenvalue weighted by atomic mass is 32.2. The molecule has 0 amide bonds. The van der Waals surface area contributed by atoms with Crippen LogP contribution in [0.25, 0.3) is 0 Å². The molecule has 0 radical (unpaired) electrons. The van der Waals surface area contributed by atoms with Gasteiger partial charge in [0.2, 0.25) is 10.0 Å². The summed E-state index contributed by atoms with van der Waals surface area (Å²) in [5.74, 6) is 1.13. The first-order chi connectivity index (χ1) is 12.5. The van der Waals surface area contributed by atoms with Crippen molar-refractivity contribution in [3.05, 3.63) is 42.5 Å². The van der Waals surface area contributed by atoms with Crippen molar-refractivity contribution >= 4 is 16.0 Å². The van der Waals surface area contributed by atoms with E-state index < -0.39 is 10.0 Å². The molecule has 1 heterocycles. The van der Waals surface area contributed by atoms with E-state index in [9.17, 15) is 8.42 Å². The van der Waals surface area contributed by atoms with E-state index in [1.165, 1.54) is 0 Å². The van der Waals surface area contributed by atoms with Crippen LogP contribution in [-0.2, 0) is 16.6 Å². The molecule has 26 heavy (non-hydrogen) atoms. The molecule has 1 aromatic rings. The van der Waals surface area contributed by atoms with Gasteiger partial charge in [0.25, 0.3) is 0 Å². The fourth-order valence-corrected chi connectivity index (χ4v) is 4.56. The topological polar surface area (TPSA) is 73.8 Å². The normalized spacial score (nSPS) is 19.2. The molecule has 0 saturated carbocycles. The lowest BCUT2D eigenvalue weighted by Crippen LogP contribution is -2.39. The quantitative estimate of drug-likeness (QED) is 0.434. The van der Waals surface area contributed by atoms with E-state index >= 15 is 0 Å². The van der Waals surface area contributed by atoms with Gasteiger partial charge in [-0.2, -0.15) is 4.31 Å². The average Bonchev–Trinajstić information content (AvgIpc) is 2.64. The maximum atomic E-state index is 12.8. The van der Waals surface area contributed by atoms with E-state index in [1.807, 2.05) is 19.1 Å². The van der Waals surface area contributed by atoms with E-state index in [-0.39, 0.29) is 0 Å². The number of aliphatic imine (C=N–C) groups is 1. The maximum absolute atomic E-state index is 12.8. The van der Waals surface area contributed by atoms with Gasteiger partial charge in [-0.05, 0) is 43.4 Å². The number of nitrogens with one attached hydrogen (secondary N) is 2. The zero-order chi connectivity index (χ0) is 19.0. The highest BCUT2D eigenvalue weighted by Gasteiger charge is 2.28. The second-order valence-electron chi connectivity index (χ2n) is 6.62. The molecule has 1 atom stereocenters. The predicted molar refractivity (Wildman–Crippen MR) is 107 cm³/mol. The molecule has 0 bridgehead atoms. The number of hydrogen-bond donors (Lipinski definition) is 2. The van der Waals surface area contributed by atoms with Crippen molar-refractivity contribution in [2.24, 2.45) is 10.9 Å². The zero-order valence-electron chi connectivity index (χ0n) is 15.7. The molecule has 1 fully saturated rings. The summed E-state index contributed by atoms with van der Waals surface area (Å²) in [6, 6.07) is 7.04. The van der Waals surface area contributed by atoms with Crippen molar-refractivity contribution in [1.82, 2.24) is 14.9 Å². The summed E-state index contributed by atoms with van der Waals surface area (Å²) >= 11 is 0. The van der Waals surface area contributed by atoms with Gasteiger partial charge in [-0.15, -0.1) is 6.58 Å². The van der Waals surface area contributed by atoms with Gasteiger partial charge in [-0.1, -0.05) is 25.1 Å². The molecule has 1 saturated heterocycles. The first kappa shape index (κ1) is 20.5. The third-order valence-corrected chi connectivity index (χ3v) is 6.24. The van der Waals surface area contributed by atoms with Crippen LogP contribution in [0, 0.1) is 5.92 Å². The molecule has 6 nitrogen and oxygen atoms in total. The van der Waals surface area contributed by atoms with Crippen molar-refractivity contribution in [2.45, 2.75) is 38.1 Å². The Hall–Kier alpha value is -1.86. The number of rotatable bonds is 7. The number of piperidine rings is 1. The Bertz CT molecular complexity index is 714. The molecule has 2 N–H and O–H groups in total. The summed E-state index contributed by atoms with van der Waals surface area (Å²) in [5, 5.41) is 6.30. The summed E-state index contributed by atoms with van der Waals surface area (Å²) in [6.45, 7) is 10.9. The summed E-state index contributed by atoms with van der Waals surface area (Å²) in [4.78, 5) is 4.86. The smallest absolute Gasteiger partial charge is 0.243 e. The lowest BCUT2D eigenvalue weighted by atomic mass is 10.0. The van der Waals surface area contributed by atoms with Gasteiger partial charge in [0, 0.05) is 26.2 Å². The Morgan fingerprint density at radius 2 is 2.08 bits per heavy atom. The van der Waals surface area contributed by atoms with Gasteiger partial charge in [-0.3, -0.25) is 0 Å². The molecule has 1 aromatic carbocycles. The first-order valence-corrected chi connectivity index (χ1v) is 10.6. The van der Waals surface area contributed by atoms with E-state index in [2.05, 4.69) is 29.1 Å². The molecule has 7 heteroatoms. The van der Waals surface area contributed by atoms with Crippen LogP contribution in [0.1, 0.15) is 32.3 Å². The number of guanidine groups is 1. The van der Waals surface area contributed by atoms with Crippen LogP contribution in [0.4, 0.5) is 0 Å². The molecule has 1 unspecified atom stereocenters. The van der Waals surface area contributed by atoms with Crippen LogP contribution in [-0.4, -0.2) is 44.9 Å². The van der Waals surface area contributed by atoms with E-state index in [4.69, 9.17) is 0 Å². The highest BCUT2D eigenvalue weighted by Crippen LogP contribution is 2.23. The fraction of sp³-hybridized carbons (Fsp3) is 0.526. The van der Waals surface area contributed by atoms with Crippen molar-refractivity contribution in [1.29, 1.82) is 0 Å². The van der Waals surface area contributed by atoms with Crippen LogP contribution in [0.15, 0.2) is 46.8 Å². The summed E-state index contributed by atoms with van der Waals surface area (Å²) < 4.78 is 27.2. The zero-order valence-corrected chi connectivity index (χ0v) is 16.6. The van der Waals surface area contributed by atoms with Crippen LogP contribution < -0.4 is 10.6 Å². The lowest BCUT2D eigenvalue weighted by molar-refractivity contribution is 0.281. The van der Waals surface area contributed by atoms with Crippen LogP contribution in [0.2, 0.25) is 0 Å². The van der Waals surface area contributed by atoms with Gasteiger partial charge in [0.15, 0.2) is 5.96 Å².